The van der Waals surface area contributed by atoms with Gasteiger partial charge in [-0.3, -0.25) is 0 Å². The summed E-state index contributed by atoms with van der Waals surface area (Å²) in [7, 11) is 3.00. The van der Waals surface area contributed by atoms with Crippen molar-refractivity contribution < 1.29 is 17.7 Å². The molecule has 2 heterocycles. The highest BCUT2D eigenvalue weighted by atomic mass is 79.9. The van der Waals surface area contributed by atoms with Gasteiger partial charge >= 0.3 is 0 Å². The van der Waals surface area contributed by atoms with Crippen LogP contribution in [0.1, 0.15) is 0 Å². The Balaban J connectivity index is 2.29. The molecule has 0 amide bonds. The maximum Gasteiger partial charge on any atom is 0.261 e. The van der Waals surface area contributed by atoms with Gasteiger partial charge in [0, 0.05) is 16.7 Å². The Morgan fingerprint density at radius 3 is 2.77 bits per heavy atom. The summed E-state index contributed by atoms with van der Waals surface area (Å²) in [5.41, 5.74) is 1.10. The number of ether oxygens (including phenoxy) is 1. The van der Waals surface area contributed by atoms with Crippen molar-refractivity contribution >= 4 is 46.6 Å². The Hall–Kier alpha value is -1.71. The Morgan fingerprint density at radius 2 is 2.09 bits per heavy atom. The predicted octanol–water partition coefficient (Wildman–Crippen LogP) is 2.98. The van der Waals surface area contributed by atoms with Crippen molar-refractivity contribution in [3.05, 3.63) is 28.9 Å². The van der Waals surface area contributed by atoms with Crippen LogP contribution in [-0.4, -0.2) is 30.9 Å². The fourth-order valence-electron chi connectivity index (χ4n) is 1.88. The Bertz CT molecular complexity index is 974. The number of fused-ring (bicyclic) bond motifs is 1. The maximum absolute atomic E-state index is 11.5. The van der Waals surface area contributed by atoms with Gasteiger partial charge in [-0.05, 0) is 28.1 Å². The molecule has 0 N–H and O–H groups in total. The van der Waals surface area contributed by atoms with Crippen molar-refractivity contribution in [2.24, 2.45) is 0 Å². The zero-order valence-electron chi connectivity index (χ0n) is 10.9. The zero-order valence-corrected chi connectivity index (χ0v) is 14.1. The van der Waals surface area contributed by atoms with Crippen molar-refractivity contribution in [2.75, 3.05) is 7.11 Å². The number of methoxy groups -OCH3 is 1. The molecule has 2 aromatic heterocycles. The van der Waals surface area contributed by atoms with E-state index in [9.17, 15) is 8.42 Å². The summed E-state index contributed by atoms with van der Waals surface area (Å²) < 4.78 is 33.8. The standard InChI is InChI=1S/C12H7BrClN3O4S/c1-20-6-2-10(16-15-5-6)11-8-3-7(22(14,18)19)4-9(13)12(8)21-17-11/h2-5H,1H3. The summed E-state index contributed by atoms with van der Waals surface area (Å²) >= 11 is 3.24. The molecule has 3 rings (SSSR count). The van der Waals surface area contributed by atoms with Crippen LogP contribution in [0.4, 0.5) is 0 Å². The molecule has 0 bridgehead atoms. The lowest BCUT2D eigenvalue weighted by atomic mass is 10.1. The second-order valence-corrected chi connectivity index (χ2v) is 7.65. The van der Waals surface area contributed by atoms with Crippen molar-refractivity contribution in [2.45, 2.75) is 4.90 Å². The van der Waals surface area contributed by atoms with E-state index in [0.29, 0.717) is 32.6 Å². The third kappa shape index (κ3) is 2.67. The maximum atomic E-state index is 11.5. The van der Waals surface area contributed by atoms with E-state index < -0.39 is 9.05 Å². The molecule has 1 aromatic carbocycles. The fourth-order valence-corrected chi connectivity index (χ4v) is 3.35. The summed E-state index contributed by atoms with van der Waals surface area (Å²) in [5, 5.41) is 12.1. The van der Waals surface area contributed by atoms with Crippen molar-refractivity contribution in [1.29, 1.82) is 0 Å². The van der Waals surface area contributed by atoms with Crippen LogP contribution in [-0.2, 0) is 9.05 Å². The molecule has 0 atom stereocenters. The van der Waals surface area contributed by atoms with Gasteiger partial charge in [-0.25, -0.2) is 8.42 Å². The van der Waals surface area contributed by atoms with Crippen molar-refractivity contribution in [3.8, 4) is 17.1 Å². The lowest BCUT2D eigenvalue weighted by Crippen LogP contribution is -1.93. The molecule has 0 spiro atoms. The van der Waals surface area contributed by atoms with E-state index in [-0.39, 0.29) is 4.90 Å². The SMILES string of the molecule is COc1cnnc(-c2noc3c(Br)cc(S(=O)(=O)Cl)cc23)c1. The van der Waals surface area contributed by atoms with Crippen LogP contribution in [0, 0.1) is 0 Å². The molecule has 0 radical (unpaired) electrons. The third-order valence-electron chi connectivity index (χ3n) is 2.89. The average molecular weight is 405 g/mol. The predicted molar refractivity (Wildman–Crippen MR) is 82.3 cm³/mol. The molecular weight excluding hydrogens is 398 g/mol. The zero-order chi connectivity index (χ0) is 15.9. The molecule has 7 nitrogen and oxygen atoms in total. The van der Waals surface area contributed by atoms with Gasteiger partial charge < -0.3 is 9.26 Å². The molecule has 22 heavy (non-hydrogen) atoms. The molecule has 0 aliphatic heterocycles. The van der Waals surface area contributed by atoms with Crippen LogP contribution in [0.5, 0.6) is 5.75 Å². The highest BCUT2D eigenvalue weighted by Gasteiger charge is 2.20. The first-order valence-corrected chi connectivity index (χ1v) is 8.91. The van der Waals surface area contributed by atoms with Crippen LogP contribution in [0.25, 0.3) is 22.4 Å². The Morgan fingerprint density at radius 1 is 1.32 bits per heavy atom. The quantitative estimate of drug-likeness (QED) is 0.619. The van der Waals surface area contributed by atoms with Gasteiger partial charge in [-0.1, -0.05) is 5.16 Å². The van der Waals surface area contributed by atoms with Gasteiger partial charge in [-0.15, -0.1) is 5.10 Å². The van der Waals surface area contributed by atoms with Gasteiger partial charge in [0.25, 0.3) is 9.05 Å². The van der Waals surface area contributed by atoms with E-state index in [1.165, 1.54) is 25.4 Å². The van der Waals surface area contributed by atoms with Gasteiger partial charge in [-0.2, -0.15) is 5.10 Å². The van der Waals surface area contributed by atoms with Crippen molar-refractivity contribution in [3.63, 3.8) is 0 Å². The van der Waals surface area contributed by atoms with E-state index in [1.807, 2.05) is 0 Å². The third-order valence-corrected chi connectivity index (χ3v) is 4.81. The monoisotopic (exact) mass is 403 g/mol. The topological polar surface area (TPSA) is 95.2 Å². The molecule has 3 aromatic rings. The number of rotatable bonds is 3. The first kappa shape index (κ1) is 15.2. The minimum absolute atomic E-state index is 0.0751. The number of aromatic nitrogens is 3. The average Bonchev–Trinajstić information content (AvgIpc) is 2.91. The second kappa shape index (κ2) is 5.49. The molecule has 10 heteroatoms. The highest BCUT2D eigenvalue weighted by Crippen LogP contribution is 2.35. The molecule has 0 fully saturated rings. The van der Waals surface area contributed by atoms with Crippen molar-refractivity contribution in [1.82, 2.24) is 15.4 Å². The van der Waals surface area contributed by atoms with E-state index in [0.717, 1.165) is 0 Å². The van der Waals surface area contributed by atoms with Gasteiger partial charge in [0.05, 0.1) is 28.1 Å². The molecule has 0 aliphatic rings. The summed E-state index contributed by atoms with van der Waals surface area (Å²) in [6, 6.07) is 4.33. The fraction of sp³-hybridized carbons (Fsp3) is 0.0833. The smallest absolute Gasteiger partial charge is 0.261 e. The van der Waals surface area contributed by atoms with E-state index >= 15 is 0 Å². The summed E-state index contributed by atoms with van der Waals surface area (Å²) in [5.74, 6) is 0.487. The highest BCUT2D eigenvalue weighted by molar-refractivity contribution is 9.10. The molecule has 0 saturated carbocycles. The molecular formula is C12H7BrClN3O4S. The lowest BCUT2D eigenvalue weighted by Gasteiger charge is -2.01. The Labute approximate surface area is 137 Å². The second-order valence-electron chi connectivity index (χ2n) is 4.23. The normalized spacial score (nSPS) is 11.8. The number of hydrogen-bond acceptors (Lipinski definition) is 7. The van der Waals surface area contributed by atoms with E-state index in [2.05, 4.69) is 31.3 Å². The molecule has 0 unspecified atom stereocenters. The summed E-state index contributed by atoms with van der Waals surface area (Å²) in [6.45, 7) is 0. The summed E-state index contributed by atoms with van der Waals surface area (Å²) in [4.78, 5) is -0.0751. The lowest BCUT2D eigenvalue weighted by molar-refractivity contribution is 0.411. The first-order valence-electron chi connectivity index (χ1n) is 5.81. The largest absolute Gasteiger partial charge is 0.495 e. The number of hydrogen-bond donors (Lipinski definition) is 0. The Kier molecular flexibility index (Phi) is 3.79. The van der Waals surface area contributed by atoms with E-state index in [1.54, 1.807) is 6.07 Å². The van der Waals surface area contributed by atoms with Crippen LogP contribution in [0.2, 0.25) is 0 Å². The molecule has 0 aliphatic carbocycles. The number of benzene rings is 1. The van der Waals surface area contributed by atoms with Crippen LogP contribution in [0.15, 0.2) is 38.3 Å². The number of nitrogens with zero attached hydrogens (tertiary/aromatic N) is 3. The minimum atomic E-state index is -3.89. The molecule has 0 saturated heterocycles. The van der Waals surface area contributed by atoms with Gasteiger partial charge in [0.15, 0.2) is 5.58 Å². The summed E-state index contributed by atoms with van der Waals surface area (Å²) in [6.07, 6.45) is 1.44. The van der Waals surface area contributed by atoms with Crippen LogP contribution >= 0.6 is 26.6 Å². The van der Waals surface area contributed by atoms with Crippen LogP contribution in [0.3, 0.4) is 0 Å². The van der Waals surface area contributed by atoms with Gasteiger partial charge in [0.2, 0.25) is 0 Å². The van der Waals surface area contributed by atoms with Crippen LogP contribution < -0.4 is 4.74 Å². The molecule has 114 valence electrons. The number of halogens is 2. The van der Waals surface area contributed by atoms with Gasteiger partial charge in [0.1, 0.15) is 17.1 Å². The van der Waals surface area contributed by atoms with E-state index in [4.69, 9.17) is 19.9 Å². The minimum Gasteiger partial charge on any atom is -0.495 e. The first-order chi connectivity index (χ1) is 10.4.